The van der Waals surface area contributed by atoms with Crippen LogP contribution in [0.15, 0.2) is 0 Å². The highest BCUT2D eigenvalue weighted by molar-refractivity contribution is 7.98. The Morgan fingerprint density at radius 3 is 1.90 bits per heavy atom. The molecule has 0 spiro atoms. The third kappa shape index (κ3) is 10.7. The van der Waals surface area contributed by atoms with E-state index >= 15 is 0 Å². The van der Waals surface area contributed by atoms with Crippen molar-refractivity contribution in [2.24, 2.45) is 11.5 Å². The average molecular weight is 436 g/mol. The molecule has 0 aliphatic carbocycles. The summed E-state index contributed by atoms with van der Waals surface area (Å²) in [4.78, 5) is 58.7. The van der Waals surface area contributed by atoms with Crippen molar-refractivity contribution in [3.63, 3.8) is 0 Å². The second kappa shape index (κ2) is 13.7. The zero-order valence-corrected chi connectivity index (χ0v) is 17.2. The molecule has 12 nitrogen and oxygen atoms in total. The van der Waals surface area contributed by atoms with Crippen LogP contribution in [0.4, 0.5) is 0 Å². The van der Waals surface area contributed by atoms with E-state index in [1.807, 2.05) is 0 Å². The number of carbonyl (C=O) groups is 5. The zero-order valence-electron chi connectivity index (χ0n) is 16.3. The third-order valence-electron chi connectivity index (χ3n) is 3.77. The highest BCUT2D eigenvalue weighted by Gasteiger charge is 2.29. The van der Waals surface area contributed by atoms with Gasteiger partial charge in [-0.1, -0.05) is 0 Å². The first kappa shape index (κ1) is 26.6. The molecule has 9 N–H and O–H groups in total. The summed E-state index contributed by atoms with van der Waals surface area (Å²) in [5.74, 6) is -3.87. The minimum atomic E-state index is -1.37. The Kier molecular flexibility index (Phi) is 12.6. The van der Waals surface area contributed by atoms with Crippen LogP contribution in [0.25, 0.3) is 0 Å². The molecule has 0 aromatic carbocycles. The van der Waals surface area contributed by atoms with E-state index in [9.17, 15) is 34.2 Å². The van der Waals surface area contributed by atoms with Crippen LogP contribution in [-0.2, 0) is 24.0 Å². The molecule has 0 bridgehead atoms. The summed E-state index contributed by atoms with van der Waals surface area (Å²) in [5, 5.41) is 25.5. The van der Waals surface area contributed by atoms with Crippen molar-refractivity contribution in [1.82, 2.24) is 16.0 Å². The lowest BCUT2D eigenvalue weighted by Gasteiger charge is -2.24. The molecule has 0 saturated carbocycles. The number of hydrogen-bond donors (Lipinski definition) is 7. The van der Waals surface area contributed by atoms with E-state index in [4.69, 9.17) is 11.5 Å². The SMILES string of the molecule is CSCCC(NC(=O)C(CO)NC(=O)C(C)N)C(=O)NC(CCC(N)=O)C(=O)O. The number of hydrogen-bond acceptors (Lipinski definition) is 8. The largest absolute Gasteiger partial charge is 0.480 e. The number of carboxylic acids is 1. The fourth-order valence-electron chi connectivity index (χ4n) is 2.09. The Morgan fingerprint density at radius 1 is 0.931 bits per heavy atom. The van der Waals surface area contributed by atoms with Gasteiger partial charge in [-0.05, 0) is 31.8 Å². The van der Waals surface area contributed by atoms with E-state index in [0.29, 0.717) is 5.75 Å². The lowest BCUT2D eigenvalue weighted by atomic mass is 10.1. The number of rotatable bonds is 14. The Hall–Kier alpha value is -2.38. The van der Waals surface area contributed by atoms with Gasteiger partial charge in [-0.2, -0.15) is 11.8 Å². The molecule has 0 rings (SSSR count). The molecule has 4 atom stereocenters. The minimum Gasteiger partial charge on any atom is -0.480 e. The summed E-state index contributed by atoms with van der Waals surface area (Å²) in [6, 6.07) is -4.72. The van der Waals surface area contributed by atoms with Crippen LogP contribution in [0.1, 0.15) is 26.2 Å². The Labute approximate surface area is 172 Å². The lowest BCUT2D eigenvalue weighted by Crippen LogP contribution is -2.58. The second-order valence-electron chi connectivity index (χ2n) is 6.28. The second-order valence-corrected chi connectivity index (χ2v) is 7.27. The maximum absolute atomic E-state index is 12.5. The van der Waals surface area contributed by atoms with Gasteiger partial charge in [0.25, 0.3) is 0 Å². The molecule has 0 aromatic heterocycles. The molecule has 0 radical (unpaired) electrons. The number of aliphatic carboxylic acids is 1. The van der Waals surface area contributed by atoms with Crippen LogP contribution < -0.4 is 27.4 Å². The van der Waals surface area contributed by atoms with Crippen molar-refractivity contribution in [1.29, 1.82) is 0 Å². The van der Waals surface area contributed by atoms with Crippen molar-refractivity contribution in [3.05, 3.63) is 0 Å². The van der Waals surface area contributed by atoms with Gasteiger partial charge in [0, 0.05) is 6.42 Å². The predicted octanol–water partition coefficient (Wildman–Crippen LogP) is -3.12. The van der Waals surface area contributed by atoms with Gasteiger partial charge in [-0.3, -0.25) is 19.2 Å². The molecule has 0 heterocycles. The van der Waals surface area contributed by atoms with E-state index in [-0.39, 0.29) is 19.3 Å². The molecule has 166 valence electrons. The molecule has 4 amide bonds. The van der Waals surface area contributed by atoms with Crippen LogP contribution >= 0.6 is 11.8 Å². The van der Waals surface area contributed by atoms with Gasteiger partial charge in [0.2, 0.25) is 23.6 Å². The summed E-state index contributed by atoms with van der Waals surface area (Å²) >= 11 is 1.40. The first-order valence-corrected chi connectivity index (χ1v) is 10.2. The van der Waals surface area contributed by atoms with Gasteiger partial charge in [0.1, 0.15) is 18.1 Å². The topological polar surface area (TPSA) is 214 Å². The minimum absolute atomic E-state index is 0.167. The number of carbonyl (C=O) groups excluding carboxylic acids is 4. The van der Waals surface area contributed by atoms with Crippen molar-refractivity contribution in [2.75, 3.05) is 18.6 Å². The van der Waals surface area contributed by atoms with Gasteiger partial charge in [-0.15, -0.1) is 0 Å². The van der Waals surface area contributed by atoms with Crippen LogP contribution in [0.5, 0.6) is 0 Å². The van der Waals surface area contributed by atoms with Crippen LogP contribution in [0, 0.1) is 0 Å². The monoisotopic (exact) mass is 435 g/mol. The fraction of sp³-hybridized carbons (Fsp3) is 0.688. The lowest BCUT2D eigenvalue weighted by molar-refractivity contribution is -0.142. The van der Waals surface area contributed by atoms with Crippen LogP contribution in [0.3, 0.4) is 0 Å². The molecule has 0 fully saturated rings. The van der Waals surface area contributed by atoms with Gasteiger partial charge in [0.15, 0.2) is 0 Å². The van der Waals surface area contributed by atoms with E-state index in [1.54, 1.807) is 6.26 Å². The van der Waals surface area contributed by atoms with Gasteiger partial charge in [0.05, 0.1) is 12.6 Å². The van der Waals surface area contributed by atoms with Gasteiger partial charge >= 0.3 is 5.97 Å². The number of aliphatic hydroxyl groups is 1. The Morgan fingerprint density at radius 2 is 1.45 bits per heavy atom. The standard InChI is InChI=1S/C16H29N5O7S/c1-8(17)13(24)21-11(7-22)15(26)19-9(5-6-29-2)14(25)20-10(16(27)28)3-4-12(18)23/h8-11,22H,3-7,17H2,1-2H3,(H2,18,23)(H,19,26)(H,20,25)(H,21,24)(H,27,28). The van der Waals surface area contributed by atoms with Gasteiger partial charge < -0.3 is 37.6 Å². The number of aliphatic hydroxyl groups excluding tert-OH is 1. The zero-order chi connectivity index (χ0) is 22.6. The van der Waals surface area contributed by atoms with Crippen LogP contribution in [-0.4, -0.2) is 82.6 Å². The van der Waals surface area contributed by atoms with Crippen molar-refractivity contribution in [3.8, 4) is 0 Å². The highest BCUT2D eigenvalue weighted by atomic mass is 32.2. The molecule has 0 aliphatic heterocycles. The fourth-order valence-corrected chi connectivity index (χ4v) is 2.56. The summed E-state index contributed by atoms with van der Waals surface area (Å²) in [6.07, 6.45) is 1.50. The summed E-state index contributed by atoms with van der Waals surface area (Å²) < 4.78 is 0. The number of nitrogens with one attached hydrogen (secondary N) is 3. The number of nitrogens with two attached hydrogens (primary N) is 2. The highest BCUT2D eigenvalue weighted by Crippen LogP contribution is 2.04. The number of carboxylic acid groups (broad SMARTS) is 1. The van der Waals surface area contributed by atoms with Crippen molar-refractivity contribution >= 4 is 41.4 Å². The third-order valence-corrected chi connectivity index (χ3v) is 4.41. The average Bonchev–Trinajstić information content (AvgIpc) is 2.64. The molecule has 0 saturated heterocycles. The molecular formula is C16H29N5O7S. The maximum atomic E-state index is 12.5. The number of amides is 4. The molecule has 4 unspecified atom stereocenters. The molecular weight excluding hydrogens is 406 g/mol. The number of thioether (sulfide) groups is 1. The summed E-state index contributed by atoms with van der Waals surface area (Å²) in [7, 11) is 0. The smallest absolute Gasteiger partial charge is 0.326 e. The van der Waals surface area contributed by atoms with E-state index in [2.05, 4.69) is 16.0 Å². The molecule has 13 heteroatoms. The molecule has 0 aromatic rings. The normalized spacial score (nSPS) is 14.8. The first-order chi connectivity index (χ1) is 13.5. The molecule has 0 aliphatic rings. The quantitative estimate of drug-likeness (QED) is 0.147. The Balaban J connectivity index is 5.17. The van der Waals surface area contributed by atoms with E-state index in [1.165, 1.54) is 18.7 Å². The first-order valence-electron chi connectivity index (χ1n) is 8.81. The predicted molar refractivity (Wildman–Crippen MR) is 106 cm³/mol. The summed E-state index contributed by atoms with van der Waals surface area (Å²) in [5.41, 5.74) is 10.4. The molecule has 29 heavy (non-hydrogen) atoms. The van der Waals surface area contributed by atoms with E-state index < -0.39 is 60.4 Å². The van der Waals surface area contributed by atoms with Crippen molar-refractivity contribution < 1.29 is 34.2 Å². The van der Waals surface area contributed by atoms with Crippen molar-refractivity contribution in [2.45, 2.75) is 50.4 Å². The number of primary amides is 1. The summed E-state index contributed by atoms with van der Waals surface area (Å²) in [6.45, 7) is 0.673. The van der Waals surface area contributed by atoms with Gasteiger partial charge in [-0.25, -0.2) is 4.79 Å². The van der Waals surface area contributed by atoms with Crippen LogP contribution in [0.2, 0.25) is 0 Å². The Bertz CT molecular complexity index is 602. The maximum Gasteiger partial charge on any atom is 0.326 e. The van der Waals surface area contributed by atoms with E-state index in [0.717, 1.165) is 0 Å².